The quantitative estimate of drug-likeness (QED) is 0.302. The molecule has 1 aliphatic rings. The highest BCUT2D eigenvalue weighted by molar-refractivity contribution is 7.19. The van der Waals surface area contributed by atoms with Gasteiger partial charge in [0.2, 0.25) is 5.28 Å². The second kappa shape index (κ2) is 8.96. The first-order valence-electron chi connectivity index (χ1n) is 11.6. The average Bonchev–Trinajstić information content (AvgIpc) is 3.16. The van der Waals surface area contributed by atoms with E-state index in [0.29, 0.717) is 5.28 Å². The molecule has 1 fully saturated rings. The van der Waals surface area contributed by atoms with Crippen LogP contribution < -0.4 is 9.80 Å². The molecule has 0 radical (unpaired) electrons. The van der Waals surface area contributed by atoms with E-state index in [-0.39, 0.29) is 0 Å². The lowest BCUT2D eigenvalue weighted by atomic mass is 10.0. The number of benzene rings is 2. The van der Waals surface area contributed by atoms with Crippen LogP contribution in [0.2, 0.25) is 5.28 Å². The first-order chi connectivity index (χ1) is 16.0. The molecule has 2 aromatic carbocycles. The van der Waals surface area contributed by atoms with Crippen LogP contribution in [0.4, 0.5) is 11.5 Å². The zero-order chi connectivity index (χ0) is 23.1. The largest absolute Gasteiger partial charge is 0.368 e. The molecule has 0 saturated carbocycles. The third-order valence-electron chi connectivity index (χ3n) is 6.83. The van der Waals surface area contributed by atoms with Gasteiger partial charge in [0.15, 0.2) is 0 Å². The van der Waals surface area contributed by atoms with E-state index in [1.54, 1.807) is 11.3 Å². The summed E-state index contributed by atoms with van der Waals surface area (Å²) in [6.45, 7) is 12.5. The smallest absolute Gasteiger partial charge is 0.225 e. The Labute approximate surface area is 204 Å². The normalized spacial score (nSPS) is 14.3. The maximum absolute atomic E-state index is 6.40. The summed E-state index contributed by atoms with van der Waals surface area (Å²) < 4.78 is 0. The highest BCUT2D eigenvalue weighted by Gasteiger charge is 2.25. The number of fused-ring (bicyclic) bond motifs is 1. The maximum atomic E-state index is 6.40. The monoisotopic (exact) mass is 476 g/mol. The van der Waals surface area contributed by atoms with Gasteiger partial charge in [-0.05, 0) is 67.1 Å². The molecule has 0 atom stereocenters. The molecule has 4 nitrogen and oxygen atoms in total. The van der Waals surface area contributed by atoms with Crippen molar-refractivity contribution in [3.05, 3.63) is 69.3 Å². The van der Waals surface area contributed by atoms with Gasteiger partial charge in [-0.2, -0.15) is 4.98 Å². The Balaban J connectivity index is 1.51. The minimum Gasteiger partial charge on any atom is -0.368 e. The number of aromatic nitrogens is 2. The summed E-state index contributed by atoms with van der Waals surface area (Å²) >= 11 is 8.10. The number of piperazine rings is 1. The van der Waals surface area contributed by atoms with E-state index in [1.165, 1.54) is 38.4 Å². The molecule has 1 saturated heterocycles. The molecule has 4 aromatic rings. The third-order valence-corrected chi connectivity index (χ3v) is 8.00. The van der Waals surface area contributed by atoms with Gasteiger partial charge in [-0.3, -0.25) is 0 Å². The van der Waals surface area contributed by atoms with E-state index in [0.717, 1.165) is 48.6 Å². The van der Waals surface area contributed by atoms with Crippen LogP contribution >= 0.6 is 22.9 Å². The Morgan fingerprint density at radius 3 is 2.30 bits per heavy atom. The number of thiophene rings is 1. The van der Waals surface area contributed by atoms with Crippen molar-refractivity contribution in [2.75, 3.05) is 36.0 Å². The fourth-order valence-electron chi connectivity index (χ4n) is 4.79. The highest BCUT2D eigenvalue weighted by atomic mass is 35.5. The van der Waals surface area contributed by atoms with E-state index < -0.39 is 0 Å². The fraction of sp³-hybridized carbons (Fsp3) is 0.333. The lowest BCUT2D eigenvalue weighted by Crippen LogP contribution is -2.47. The number of hydrogen-bond donors (Lipinski definition) is 0. The Bertz CT molecular complexity index is 1300. The van der Waals surface area contributed by atoms with Crippen molar-refractivity contribution >= 4 is 44.7 Å². The van der Waals surface area contributed by atoms with Crippen LogP contribution in [0.25, 0.3) is 21.3 Å². The fourth-order valence-corrected chi connectivity index (χ4v) is 6.04. The van der Waals surface area contributed by atoms with Gasteiger partial charge in [-0.1, -0.05) is 43.3 Å². The van der Waals surface area contributed by atoms with E-state index in [1.807, 2.05) is 0 Å². The topological polar surface area (TPSA) is 32.3 Å². The summed E-state index contributed by atoms with van der Waals surface area (Å²) in [6.07, 6.45) is 1.04. The number of halogens is 1. The molecule has 0 bridgehead atoms. The maximum Gasteiger partial charge on any atom is 0.225 e. The van der Waals surface area contributed by atoms with Gasteiger partial charge in [-0.15, -0.1) is 11.3 Å². The minimum absolute atomic E-state index is 0.323. The molecule has 33 heavy (non-hydrogen) atoms. The number of nitrogens with zero attached hydrogens (tertiary/aromatic N) is 4. The van der Waals surface area contributed by atoms with Gasteiger partial charge in [-0.25, -0.2) is 4.98 Å². The van der Waals surface area contributed by atoms with Crippen LogP contribution in [0.1, 0.15) is 28.5 Å². The molecule has 0 unspecified atom stereocenters. The van der Waals surface area contributed by atoms with Crippen molar-refractivity contribution in [3.8, 4) is 11.1 Å². The predicted octanol–water partition coefficient (Wildman–Crippen LogP) is 6.83. The Kier molecular flexibility index (Phi) is 6.02. The summed E-state index contributed by atoms with van der Waals surface area (Å²) in [5.41, 5.74) is 7.84. The van der Waals surface area contributed by atoms with Crippen molar-refractivity contribution in [1.29, 1.82) is 0 Å². The van der Waals surface area contributed by atoms with E-state index in [4.69, 9.17) is 16.6 Å². The van der Waals surface area contributed by atoms with Crippen molar-refractivity contribution < 1.29 is 0 Å². The van der Waals surface area contributed by atoms with E-state index >= 15 is 0 Å². The zero-order valence-electron chi connectivity index (χ0n) is 19.7. The summed E-state index contributed by atoms with van der Waals surface area (Å²) in [7, 11) is 0. The molecule has 5 rings (SSSR count). The molecular formula is C27H29ClN4S. The predicted molar refractivity (Wildman–Crippen MR) is 142 cm³/mol. The van der Waals surface area contributed by atoms with Gasteiger partial charge < -0.3 is 9.80 Å². The molecule has 0 amide bonds. The lowest BCUT2D eigenvalue weighted by molar-refractivity contribution is 0.647. The van der Waals surface area contributed by atoms with Gasteiger partial charge in [0.05, 0.1) is 5.39 Å². The molecule has 170 valence electrons. The number of hydrogen-bond acceptors (Lipinski definition) is 5. The van der Waals surface area contributed by atoms with E-state index in [2.05, 4.69) is 84.9 Å². The molecule has 0 aliphatic carbocycles. The summed E-state index contributed by atoms with van der Waals surface area (Å²) in [5.74, 6) is 0.963. The number of anilines is 2. The molecule has 0 N–H and O–H groups in total. The Hall–Kier alpha value is -2.63. The van der Waals surface area contributed by atoms with Crippen LogP contribution in [0.5, 0.6) is 0 Å². The number of rotatable bonds is 4. The number of aryl methyl sites for hydroxylation is 3. The standard InChI is InChI=1S/C27H29ClN4S/c1-5-20-9-11-21(12-10-20)23-19(4)33-26-24(23)25(29-27(28)30-26)32-15-13-31(14-16-32)22-8-6-7-17(2)18(22)3/h6-12H,5,13-16H2,1-4H3. The molecule has 2 aromatic heterocycles. The van der Waals surface area contributed by atoms with Gasteiger partial charge >= 0.3 is 0 Å². The van der Waals surface area contributed by atoms with Crippen LogP contribution in [0, 0.1) is 20.8 Å². The SMILES string of the molecule is CCc1ccc(-c2c(C)sc3nc(Cl)nc(N4CCN(c5cccc(C)c5C)CC4)c23)cc1. The van der Waals surface area contributed by atoms with Crippen molar-refractivity contribution in [1.82, 2.24) is 9.97 Å². The van der Waals surface area contributed by atoms with Crippen molar-refractivity contribution in [2.45, 2.75) is 34.1 Å². The molecule has 1 aliphatic heterocycles. The molecule has 0 spiro atoms. The summed E-state index contributed by atoms with van der Waals surface area (Å²) in [4.78, 5) is 16.4. The average molecular weight is 477 g/mol. The van der Waals surface area contributed by atoms with Crippen LogP contribution in [0.15, 0.2) is 42.5 Å². The van der Waals surface area contributed by atoms with Gasteiger partial charge in [0, 0.05) is 42.3 Å². The second-order valence-corrected chi connectivity index (χ2v) is 10.3. The van der Waals surface area contributed by atoms with Crippen LogP contribution in [-0.4, -0.2) is 36.1 Å². The van der Waals surface area contributed by atoms with Gasteiger partial charge in [0.25, 0.3) is 0 Å². The first kappa shape index (κ1) is 22.2. The Morgan fingerprint density at radius 1 is 0.909 bits per heavy atom. The van der Waals surface area contributed by atoms with Crippen LogP contribution in [0.3, 0.4) is 0 Å². The molecule has 6 heteroatoms. The summed E-state index contributed by atoms with van der Waals surface area (Å²) in [5, 5.41) is 1.45. The van der Waals surface area contributed by atoms with Crippen LogP contribution in [-0.2, 0) is 6.42 Å². The minimum atomic E-state index is 0.323. The molecular weight excluding hydrogens is 448 g/mol. The van der Waals surface area contributed by atoms with Crippen molar-refractivity contribution in [3.63, 3.8) is 0 Å². The zero-order valence-corrected chi connectivity index (χ0v) is 21.2. The third kappa shape index (κ3) is 4.09. The second-order valence-electron chi connectivity index (χ2n) is 8.77. The highest BCUT2D eigenvalue weighted by Crippen LogP contribution is 2.42. The molecule has 3 heterocycles. The lowest BCUT2D eigenvalue weighted by Gasteiger charge is -2.38. The van der Waals surface area contributed by atoms with Gasteiger partial charge in [0.1, 0.15) is 10.6 Å². The van der Waals surface area contributed by atoms with E-state index in [9.17, 15) is 0 Å². The Morgan fingerprint density at radius 2 is 1.61 bits per heavy atom. The summed E-state index contributed by atoms with van der Waals surface area (Å²) in [6, 6.07) is 15.5. The first-order valence-corrected chi connectivity index (χ1v) is 12.8. The van der Waals surface area contributed by atoms with Crippen molar-refractivity contribution in [2.24, 2.45) is 0 Å².